The Morgan fingerprint density at radius 1 is 0.429 bits per heavy atom. The summed E-state index contributed by atoms with van der Waals surface area (Å²) >= 11 is 0. The zero-order valence-electron chi connectivity index (χ0n) is 24.9. The van der Waals surface area contributed by atoms with E-state index in [9.17, 15) is 0 Å². The molecule has 0 saturated carbocycles. The molecule has 2 nitrogen and oxygen atoms in total. The third-order valence-electron chi connectivity index (χ3n) is 6.19. The first-order chi connectivity index (χ1) is 18.1. The van der Waals surface area contributed by atoms with Crippen LogP contribution in [0.5, 0.6) is 0 Å². The summed E-state index contributed by atoms with van der Waals surface area (Å²) in [6.45, 7) is 8.54. The molecular formula is C32H42Cl3N2P2Si2Zr-2. The minimum absolute atomic E-state index is 0. The Bertz CT molecular complexity index is 1030. The fourth-order valence-corrected chi connectivity index (χ4v) is 14.0. The third kappa shape index (κ3) is 16.8. The topological polar surface area (TPSA) is 47.6 Å². The van der Waals surface area contributed by atoms with Crippen LogP contribution in [0.3, 0.4) is 0 Å². The second-order valence-corrected chi connectivity index (χ2v) is 24.1. The van der Waals surface area contributed by atoms with Gasteiger partial charge in [0.05, 0.1) is 0 Å². The van der Waals surface area contributed by atoms with Gasteiger partial charge in [-0.25, -0.2) is 0 Å². The van der Waals surface area contributed by atoms with Gasteiger partial charge in [-0.05, 0) is 49.4 Å². The van der Waals surface area contributed by atoms with Crippen molar-refractivity contribution in [3.63, 3.8) is 0 Å². The van der Waals surface area contributed by atoms with E-state index in [-0.39, 0.29) is 79.3 Å². The van der Waals surface area contributed by atoms with Gasteiger partial charge in [0, 0.05) is 0 Å². The van der Waals surface area contributed by atoms with Crippen LogP contribution < -0.4 is 58.4 Å². The van der Waals surface area contributed by atoms with Gasteiger partial charge in [-0.3, -0.25) is 0 Å². The summed E-state index contributed by atoms with van der Waals surface area (Å²) in [5.41, 5.74) is 0. The Hall–Kier alpha value is -0.153. The van der Waals surface area contributed by atoms with Gasteiger partial charge in [0.15, 0.2) is 0 Å². The Balaban J connectivity index is 0. The van der Waals surface area contributed by atoms with Crippen molar-refractivity contribution in [2.75, 3.05) is 12.3 Å². The molecule has 225 valence electrons. The largest absolute Gasteiger partial charge is 3.00 e. The number of rotatable bonds is 10. The van der Waals surface area contributed by atoms with E-state index in [4.69, 9.17) is 10.8 Å². The second-order valence-electron chi connectivity index (χ2n) is 10.9. The summed E-state index contributed by atoms with van der Waals surface area (Å²) in [6.07, 6.45) is 2.29. The van der Waals surface area contributed by atoms with Crippen molar-refractivity contribution in [2.45, 2.75) is 38.3 Å². The van der Waals surface area contributed by atoms with Crippen LogP contribution in [0.25, 0.3) is 10.8 Å². The van der Waals surface area contributed by atoms with Crippen molar-refractivity contribution in [1.82, 2.24) is 0 Å². The van der Waals surface area contributed by atoms with Crippen LogP contribution in [0.15, 0.2) is 121 Å². The van der Waals surface area contributed by atoms with E-state index in [2.05, 4.69) is 148 Å². The van der Waals surface area contributed by atoms with Crippen molar-refractivity contribution < 1.29 is 63.4 Å². The first-order valence-corrected chi connectivity index (χ1v) is 22.8. The summed E-state index contributed by atoms with van der Waals surface area (Å²) in [6, 6.07) is 45.3. The van der Waals surface area contributed by atoms with Gasteiger partial charge < -0.3 is 48.0 Å². The molecule has 0 aliphatic rings. The van der Waals surface area contributed by atoms with Gasteiger partial charge in [-0.1, -0.05) is 176 Å². The molecule has 0 bridgehead atoms. The maximum Gasteiger partial charge on any atom is 3.00 e. The average molecular weight is 770 g/mol. The van der Waals surface area contributed by atoms with E-state index in [1.165, 1.54) is 21.2 Å². The smallest absolute Gasteiger partial charge is 1.00 e. The van der Waals surface area contributed by atoms with Crippen LogP contribution in [0, 0.1) is 0 Å². The van der Waals surface area contributed by atoms with Gasteiger partial charge in [-0.2, -0.15) is 0 Å². The van der Waals surface area contributed by atoms with Crippen LogP contribution in [0.2, 0.25) is 38.3 Å². The van der Waals surface area contributed by atoms with Crippen LogP contribution >= 0.6 is 15.8 Å². The summed E-state index contributed by atoms with van der Waals surface area (Å²) in [4.78, 5) is 0. The van der Waals surface area contributed by atoms with Crippen LogP contribution in [-0.2, 0) is 26.2 Å². The van der Waals surface area contributed by atoms with E-state index in [1.54, 1.807) is 0 Å². The van der Waals surface area contributed by atoms with E-state index in [1.807, 2.05) is 0 Å². The van der Waals surface area contributed by atoms with Gasteiger partial charge in [0.1, 0.15) is 0 Å². The minimum atomic E-state index is -1.72. The summed E-state index contributed by atoms with van der Waals surface area (Å²) in [7, 11) is -4.04. The Labute approximate surface area is 297 Å². The monoisotopic (exact) mass is 767 g/mol. The Morgan fingerprint density at radius 2 is 0.619 bits per heavy atom. The SMILES string of the molecule is C[Si](C)([NH-])CCP(c1ccccc1)c1ccccc1.C[Si](C)([NH-])CCP(c1ccccc1)c1ccccc1.[Cl-].[Cl-].[Cl-].[Zr+3]. The predicted octanol–water partition coefficient (Wildman–Crippen LogP) is -0.237. The number of halogens is 3. The number of benzene rings is 4. The molecule has 0 aliphatic carbocycles. The molecule has 10 heteroatoms. The molecule has 0 spiro atoms. The molecule has 0 aliphatic heterocycles. The van der Waals surface area contributed by atoms with Crippen molar-refractivity contribution in [3.8, 4) is 0 Å². The zero-order valence-corrected chi connectivity index (χ0v) is 33.4. The number of nitrogens with one attached hydrogen (secondary N) is 2. The van der Waals surface area contributed by atoms with Crippen LogP contribution in [0.4, 0.5) is 0 Å². The molecule has 4 aromatic rings. The molecule has 0 amide bonds. The molecule has 1 radical (unpaired) electrons. The van der Waals surface area contributed by atoms with E-state index in [0.717, 1.165) is 24.4 Å². The van der Waals surface area contributed by atoms with Gasteiger partial charge in [0.25, 0.3) is 0 Å². The van der Waals surface area contributed by atoms with Crippen molar-refractivity contribution in [3.05, 3.63) is 132 Å². The summed E-state index contributed by atoms with van der Waals surface area (Å²) < 4.78 is 0. The third-order valence-corrected chi connectivity index (χ3v) is 15.1. The molecule has 0 fully saturated rings. The molecule has 4 aromatic carbocycles. The molecule has 0 atom stereocenters. The average Bonchev–Trinajstić information content (AvgIpc) is 2.91. The van der Waals surface area contributed by atoms with E-state index >= 15 is 0 Å². The summed E-state index contributed by atoms with van der Waals surface area (Å²) in [5, 5.41) is 22.1. The second kappa shape index (κ2) is 22.4. The quantitative estimate of drug-likeness (QED) is 0.158. The Kier molecular flexibility index (Phi) is 23.4. The fraction of sp³-hybridized carbons (Fsp3) is 0.250. The molecule has 0 heterocycles. The molecule has 0 aromatic heterocycles. The number of hydrogen-bond donors (Lipinski definition) is 0. The molecule has 0 unspecified atom stereocenters. The van der Waals surface area contributed by atoms with Crippen LogP contribution in [0.1, 0.15) is 0 Å². The fourth-order valence-electron chi connectivity index (χ4n) is 4.03. The summed E-state index contributed by atoms with van der Waals surface area (Å²) in [5.74, 6) is 0. The van der Waals surface area contributed by atoms with Gasteiger partial charge in [0.2, 0.25) is 0 Å². The van der Waals surface area contributed by atoms with Crippen molar-refractivity contribution in [1.29, 1.82) is 0 Å². The Morgan fingerprint density at radius 3 is 0.786 bits per heavy atom. The molecular weight excluding hydrogens is 728 g/mol. The molecule has 0 saturated heterocycles. The zero-order chi connectivity index (χ0) is 27.4. The first-order valence-electron chi connectivity index (χ1n) is 13.4. The number of hydrogen-bond acceptors (Lipinski definition) is 0. The normalized spacial score (nSPS) is 10.7. The van der Waals surface area contributed by atoms with E-state index in [0.29, 0.717) is 0 Å². The van der Waals surface area contributed by atoms with E-state index < -0.39 is 16.5 Å². The maximum absolute atomic E-state index is 8.20. The standard InChI is InChI=1S/2C16H21NPSi.3ClH.Zr/c2*1-19(2,17)14-13-18(15-9-5-3-6-10-15)16-11-7-4-8-12-16;;;;/h2*3-12,17H,13-14H2,1-2H3;3*1H;/q2*-1;;;;+3/p-3. The van der Waals surface area contributed by atoms with Crippen molar-refractivity contribution in [2.24, 2.45) is 0 Å². The molecule has 4 rings (SSSR count). The van der Waals surface area contributed by atoms with Gasteiger partial charge in [-0.15, -0.1) is 0 Å². The first kappa shape index (κ1) is 44.0. The molecule has 42 heavy (non-hydrogen) atoms. The van der Waals surface area contributed by atoms with Gasteiger partial charge >= 0.3 is 26.2 Å². The maximum atomic E-state index is 8.20. The van der Waals surface area contributed by atoms with Crippen LogP contribution in [-0.4, -0.2) is 28.8 Å². The minimum Gasteiger partial charge on any atom is -1.00 e. The predicted molar refractivity (Wildman–Crippen MR) is 181 cm³/mol. The van der Waals surface area contributed by atoms with Crippen molar-refractivity contribution >= 4 is 53.5 Å². The molecule has 2 N–H and O–H groups in total.